The summed E-state index contributed by atoms with van der Waals surface area (Å²) in [6, 6.07) is 0. The molecule has 158 valence electrons. The lowest BCUT2D eigenvalue weighted by Gasteiger charge is -2.16. The molecule has 3 aliphatic rings. The fourth-order valence-corrected chi connectivity index (χ4v) is 2.91. The van der Waals surface area contributed by atoms with Gasteiger partial charge in [0.2, 0.25) is 0 Å². The van der Waals surface area contributed by atoms with Crippen LogP contribution in [0.15, 0.2) is 0 Å². The number of hydrogen-bond acceptors (Lipinski definition) is 7. The van der Waals surface area contributed by atoms with Gasteiger partial charge in [-0.15, -0.1) is 0 Å². The second-order valence-electron chi connectivity index (χ2n) is 6.70. The van der Waals surface area contributed by atoms with Crippen LogP contribution in [0.4, 0.5) is 0 Å². The van der Waals surface area contributed by atoms with Gasteiger partial charge in [-0.3, -0.25) is 9.74 Å². The van der Waals surface area contributed by atoms with Crippen LogP contribution in [0, 0.1) is 6.57 Å². The lowest BCUT2D eigenvalue weighted by molar-refractivity contribution is 0.142. The molecule has 0 aromatic rings. The average molecular weight is 386 g/mol. The smallest absolute Gasteiger partial charge is 0.270 e. The molecule has 0 aromatic heterocycles. The van der Waals surface area contributed by atoms with Crippen LogP contribution < -0.4 is 11.1 Å². The zero-order valence-corrected chi connectivity index (χ0v) is 16.9. The molecule has 0 amide bonds. The molecule has 8 nitrogen and oxygen atoms in total. The first-order valence-electron chi connectivity index (χ1n) is 10.3. The summed E-state index contributed by atoms with van der Waals surface area (Å²) in [4.78, 5) is 7.80. The molecule has 0 aromatic carbocycles. The predicted molar refractivity (Wildman–Crippen MR) is 108 cm³/mol. The summed E-state index contributed by atoms with van der Waals surface area (Å²) in [5.41, 5.74) is 5.43. The van der Waals surface area contributed by atoms with Gasteiger partial charge < -0.3 is 25.3 Å². The van der Waals surface area contributed by atoms with E-state index in [1.54, 1.807) is 0 Å². The van der Waals surface area contributed by atoms with Gasteiger partial charge in [0.05, 0.1) is 19.8 Å². The van der Waals surface area contributed by atoms with Gasteiger partial charge in [-0.25, -0.2) is 11.5 Å². The molecule has 0 aliphatic carbocycles. The number of rotatable bonds is 3. The van der Waals surface area contributed by atoms with Gasteiger partial charge in [-0.05, 0) is 25.8 Å². The SMILES string of the molecule is C1CNCCOC1.NCCN1CCCOCC1.[C-]#[N+]CN1CCCOCC1. The number of nitrogens with one attached hydrogen (secondary N) is 1. The molecular weight excluding hydrogens is 346 g/mol. The Labute approximate surface area is 165 Å². The molecule has 27 heavy (non-hydrogen) atoms. The summed E-state index contributed by atoms with van der Waals surface area (Å²) in [6.07, 6.45) is 3.38. The largest absolute Gasteiger partial charge is 0.380 e. The molecule has 3 fully saturated rings. The first-order chi connectivity index (χ1) is 13.4. The second-order valence-corrected chi connectivity index (χ2v) is 6.70. The van der Waals surface area contributed by atoms with E-state index in [0.717, 1.165) is 105 Å². The van der Waals surface area contributed by atoms with Crippen LogP contribution in [0.3, 0.4) is 0 Å². The average Bonchev–Trinajstić information content (AvgIpc) is 3.22. The fraction of sp³-hybridized carbons (Fsp3) is 0.947. The summed E-state index contributed by atoms with van der Waals surface area (Å²) in [5, 5.41) is 3.22. The number of nitrogens with zero attached hydrogens (tertiary/aromatic N) is 3. The van der Waals surface area contributed by atoms with Gasteiger partial charge in [0.15, 0.2) is 0 Å². The minimum Gasteiger partial charge on any atom is -0.380 e. The maximum absolute atomic E-state index is 6.65. The van der Waals surface area contributed by atoms with E-state index in [1.165, 1.54) is 6.42 Å². The Morgan fingerprint density at radius 3 is 2.11 bits per heavy atom. The van der Waals surface area contributed by atoms with Gasteiger partial charge >= 0.3 is 0 Å². The van der Waals surface area contributed by atoms with Gasteiger partial charge in [-0.2, -0.15) is 0 Å². The molecule has 0 bridgehead atoms. The Bertz CT molecular complexity index is 332. The predicted octanol–water partition coefficient (Wildman–Crippen LogP) is 0.249. The highest BCUT2D eigenvalue weighted by Gasteiger charge is 2.09. The van der Waals surface area contributed by atoms with Crippen molar-refractivity contribution in [2.24, 2.45) is 5.73 Å². The Morgan fingerprint density at radius 1 is 0.778 bits per heavy atom. The monoisotopic (exact) mass is 385 g/mol. The van der Waals surface area contributed by atoms with Crippen LogP contribution >= 0.6 is 0 Å². The van der Waals surface area contributed by atoms with E-state index in [4.69, 9.17) is 26.5 Å². The fourth-order valence-electron chi connectivity index (χ4n) is 2.91. The molecule has 0 saturated carbocycles. The Kier molecular flexibility index (Phi) is 16.7. The molecule has 3 saturated heterocycles. The summed E-state index contributed by atoms with van der Waals surface area (Å²) >= 11 is 0. The number of ether oxygens (including phenoxy) is 3. The van der Waals surface area contributed by atoms with Crippen LogP contribution in [0.2, 0.25) is 0 Å². The third kappa shape index (κ3) is 14.9. The number of hydrogen-bond donors (Lipinski definition) is 2. The van der Waals surface area contributed by atoms with Crippen molar-refractivity contribution in [2.75, 3.05) is 98.7 Å². The quantitative estimate of drug-likeness (QED) is 0.675. The zero-order valence-electron chi connectivity index (χ0n) is 16.9. The van der Waals surface area contributed by atoms with Crippen molar-refractivity contribution in [1.29, 1.82) is 0 Å². The third-order valence-electron chi connectivity index (χ3n) is 4.41. The Morgan fingerprint density at radius 2 is 1.41 bits per heavy atom. The molecular formula is C19H39N5O3. The van der Waals surface area contributed by atoms with Crippen molar-refractivity contribution < 1.29 is 14.2 Å². The van der Waals surface area contributed by atoms with E-state index in [9.17, 15) is 0 Å². The van der Waals surface area contributed by atoms with Crippen LogP contribution in [0.5, 0.6) is 0 Å². The minimum atomic E-state index is 0.531. The minimum absolute atomic E-state index is 0.531. The van der Waals surface area contributed by atoms with Crippen molar-refractivity contribution in [3.8, 4) is 0 Å². The van der Waals surface area contributed by atoms with Gasteiger partial charge in [-0.1, -0.05) is 0 Å². The summed E-state index contributed by atoms with van der Waals surface area (Å²) < 4.78 is 15.6. The zero-order chi connectivity index (χ0) is 19.4. The highest BCUT2D eigenvalue weighted by molar-refractivity contribution is 4.65. The topological polar surface area (TPSA) is 76.6 Å². The van der Waals surface area contributed by atoms with E-state index in [-0.39, 0.29) is 0 Å². The molecule has 3 aliphatic heterocycles. The molecule has 3 N–H and O–H groups in total. The summed E-state index contributed by atoms with van der Waals surface area (Å²) in [5.74, 6) is 0. The number of nitrogens with two attached hydrogens (primary N) is 1. The molecule has 0 unspecified atom stereocenters. The van der Waals surface area contributed by atoms with Crippen LogP contribution in [0.1, 0.15) is 19.3 Å². The molecule has 0 radical (unpaired) electrons. The molecule has 3 heterocycles. The van der Waals surface area contributed by atoms with Crippen molar-refractivity contribution >= 4 is 0 Å². The van der Waals surface area contributed by atoms with E-state index in [0.29, 0.717) is 6.67 Å². The first-order valence-corrected chi connectivity index (χ1v) is 10.3. The van der Waals surface area contributed by atoms with Crippen LogP contribution in [0.25, 0.3) is 4.85 Å². The maximum Gasteiger partial charge on any atom is 0.270 e. The van der Waals surface area contributed by atoms with E-state index >= 15 is 0 Å². The van der Waals surface area contributed by atoms with Gasteiger partial charge in [0, 0.05) is 65.6 Å². The summed E-state index contributed by atoms with van der Waals surface area (Å²) in [7, 11) is 0. The third-order valence-corrected chi connectivity index (χ3v) is 4.41. The molecule has 0 atom stereocenters. The van der Waals surface area contributed by atoms with Crippen molar-refractivity contribution in [3.05, 3.63) is 11.4 Å². The molecule has 8 heteroatoms. The first kappa shape index (κ1) is 24.2. The van der Waals surface area contributed by atoms with Crippen molar-refractivity contribution in [2.45, 2.75) is 19.3 Å². The van der Waals surface area contributed by atoms with Crippen LogP contribution in [-0.2, 0) is 14.2 Å². The summed E-state index contributed by atoms with van der Waals surface area (Å²) in [6.45, 7) is 20.5. The Hall–Kier alpha value is -0.790. The van der Waals surface area contributed by atoms with Crippen molar-refractivity contribution in [3.63, 3.8) is 0 Å². The lowest BCUT2D eigenvalue weighted by atomic mass is 10.4. The normalized spacial score (nSPS) is 22.5. The van der Waals surface area contributed by atoms with Crippen molar-refractivity contribution in [1.82, 2.24) is 15.1 Å². The molecule has 0 spiro atoms. The van der Waals surface area contributed by atoms with Gasteiger partial charge in [0.25, 0.3) is 6.67 Å². The maximum atomic E-state index is 6.65. The highest BCUT2D eigenvalue weighted by atomic mass is 16.5. The Balaban J connectivity index is 0.000000206. The standard InChI is InChI=1S/C7H12N2O.C7H16N2O.C5H11NO/c1-8-7-9-3-2-5-10-6-4-9;8-2-4-9-3-1-6-10-7-5-9;1-2-6-3-5-7-4-1/h2-7H2;1-8H2;6H,1-5H2. The van der Waals surface area contributed by atoms with Crippen LogP contribution in [-0.4, -0.2) is 108 Å². The van der Waals surface area contributed by atoms with E-state index in [1.807, 2.05) is 0 Å². The van der Waals surface area contributed by atoms with E-state index in [2.05, 4.69) is 20.0 Å². The molecule has 3 rings (SSSR count). The second kappa shape index (κ2) is 18.6. The lowest BCUT2D eigenvalue weighted by Crippen LogP contribution is -2.31. The highest BCUT2D eigenvalue weighted by Crippen LogP contribution is 1.98. The van der Waals surface area contributed by atoms with E-state index < -0.39 is 0 Å². The van der Waals surface area contributed by atoms with Gasteiger partial charge in [0.1, 0.15) is 0 Å².